The first-order chi connectivity index (χ1) is 8.73. The molecular weight excluding hydrogens is 284 g/mol. The molecule has 2 N–H and O–H groups in total. The second-order valence-corrected chi connectivity index (χ2v) is 7.93. The smallest absolute Gasteiger partial charge is 0.241 e. The van der Waals surface area contributed by atoms with Crippen LogP contribution in [0.15, 0.2) is 23.1 Å². The fourth-order valence-electron chi connectivity index (χ4n) is 1.64. The zero-order valence-electron chi connectivity index (χ0n) is 11.0. The minimum absolute atomic E-state index is 0.185. The molecule has 5 nitrogen and oxygen atoms in total. The Bertz CT molecular complexity index is 705. The van der Waals surface area contributed by atoms with Crippen molar-refractivity contribution in [1.29, 1.82) is 0 Å². The predicted molar refractivity (Wildman–Crippen MR) is 75.8 cm³/mol. The van der Waals surface area contributed by atoms with Gasteiger partial charge in [-0.25, -0.2) is 18.1 Å². The van der Waals surface area contributed by atoms with E-state index in [4.69, 9.17) is 5.11 Å². The van der Waals surface area contributed by atoms with Crippen LogP contribution in [0.4, 0.5) is 0 Å². The average molecular weight is 300 g/mol. The molecule has 1 aromatic heterocycles. The summed E-state index contributed by atoms with van der Waals surface area (Å²) >= 11 is 1.45. The average Bonchev–Trinajstić information content (AvgIpc) is 2.66. The lowest BCUT2D eigenvalue weighted by molar-refractivity contribution is 0.208. The van der Waals surface area contributed by atoms with Crippen LogP contribution in [0.25, 0.3) is 10.2 Å². The Balaban J connectivity index is 2.43. The van der Waals surface area contributed by atoms with Gasteiger partial charge in [0.25, 0.3) is 0 Å². The maximum Gasteiger partial charge on any atom is 0.241 e. The summed E-state index contributed by atoms with van der Waals surface area (Å²) in [4.78, 5) is 4.48. The van der Waals surface area contributed by atoms with Gasteiger partial charge in [0.05, 0.1) is 32.3 Å². The van der Waals surface area contributed by atoms with Crippen molar-refractivity contribution >= 4 is 31.6 Å². The Kier molecular flexibility index (Phi) is 3.65. The Morgan fingerprint density at radius 3 is 2.74 bits per heavy atom. The molecule has 0 bridgehead atoms. The van der Waals surface area contributed by atoms with E-state index < -0.39 is 15.6 Å². The summed E-state index contributed by atoms with van der Waals surface area (Å²) in [5.74, 6) is 0. The van der Waals surface area contributed by atoms with Crippen molar-refractivity contribution in [3.05, 3.63) is 23.2 Å². The lowest BCUT2D eigenvalue weighted by Gasteiger charge is -2.23. The first-order valence-electron chi connectivity index (χ1n) is 5.75. The summed E-state index contributed by atoms with van der Waals surface area (Å²) < 4.78 is 27.8. The van der Waals surface area contributed by atoms with Crippen LogP contribution in [0.1, 0.15) is 18.9 Å². The van der Waals surface area contributed by atoms with Gasteiger partial charge in [-0.15, -0.1) is 11.3 Å². The lowest BCUT2D eigenvalue weighted by Crippen LogP contribution is -2.46. The van der Waals surface area contributed by atoms with Crippen molar-refractivity contribution in [1.82, 2.24) is 9.71 Å². The van der Waals surface area contributed by atoms with Gasteiger partial charge < -0.3 is 5.11 Å². The number of nitrogens with zero attached hydrogens (tertiary/aromatic N) is 1. The van der Waals surface area contributed by atoms with E-state index in [-0.39, 0.29) is 11.5 Å². The SMILES string of the molecule is Cc1nc2ccc(S(=O)(=O)NC(C)(C)CO)cc2s1. The van der Waals surface area contributed by atoms with E-state index in [1.54, 1.807) is 26.0 Å². The summed E-state index contributed by atoms with van der Waals surface area (Å²) in [6.07, 6.45) is 0. The highest BCUT2D eigenvalue weighted by atomic mass is 32.2. The number of sulfonamides is 1. The van der Waals surface area contributed by atoms with Crippen LogP contribution in [0.3, 0.4) is 0 Å². The topological polar surface area (TPSA) is 79.3 Å². The number of nitrogens with one attached hydrogen (secondary N) is 1. The molecule has 0 aliphatic heterocycles. The van der Waals surface area contributed by atoms with Crippen LogP contribution >= 0.6 is 11.3 Å². The summed E-state index contributed by atoms with van der Waals surface area (Å²) in [7, 11) is -3.64. The summed E-state index contributed by atoms with van der Waals surface area (Å²) in [5.41, 5.74) is -0.0971. The van der Waals surface area contributed by atoms with Crippen LogP contribution in [0.2, 0.25) is 0 Å². The minimum atomic E-state index is -3.64. The molecule has 0 spiro atoms. The van der Waals surface area contributed by atoms with E-state index in [1.165, 1.54) is 17.4 Å². The van der Waals surface area contributed by atoms with Gasteiger partial charge in [-0.1, -0.05) is 0 Å². The lowest BCUT2D eigenvalue weighted by atomic mass is 10.1. The first kappa shape index (κ1) is 14.4. The highest BCUT2D eigenvalue weighted by Gasteiger charge is 2.25. The quantitative estimate of drug-likeness (QED) is 0.900. The number of aryl methyl sites for hydroxylation is 1. The molecule has 7 heteroatoms. The molecule has 1 aromatic carbocycles. The Labute approximate surface area is 116 Å². The van der Waals surface area contributed by atoms with E-state index in [1.807, 2.05) is 6.92 Å². The van der Waals surface area contributed by atoms with Gasteiger partial charge in [-0.3, -0.25) is 0 Å². The Morgan fingerprint density at radius 1 is 1.42 bits per heavy atom. The highest BCUT2D eigenvalue weighted by molar-refractivity contribution is 7.89. The van der Waals surface area contributed by atoms with E-state index >= 15 is 0 Å². The van der Waals surface area contributed by atoms with Crippen LogP contribution in [-0.2, 0) is 10.0 Å². The normalized spacial score (nSPS) is 13.1. The third-order valence-electron chi connectivity index (χ3n) is 2.58. The van der Waals surface area contributed by atoms with Crippen molar-refractivity contribution in [2.24, 2.45) is 0 Å². The maximum absolute atomic E-state index is 12.2. The van der Waals surface area contributed by atoms with Gasteiger partial charge in [0.1, 0.15) is 0 Å². The zero-order valence-corrected chi connectivity index (χ0v) is 12.6. The van der Waals surface area contributed by atoms with Crippen molar-refractivity contribution in [3.8, 4) is 0 Å². The molecule has 0 radical (unpaired) electrons. The molecule has 0 fully saturated rings. The van der Waals surface area contributed by atoms with E-state index in [0.29, 0.717) is 0 Å². The van der Waals surface area contributed by atoms with Crippen molar-refractivity contribution < 1.29 is 13.5 Å². The number of fused-ring (bicyclic) bond motifs is 1. The molecule has 19 heavy (non-hydrogen) atoms. The molecule has 0 aliphatic carbocycles. The molecule has 0 aliphatic rings. The summed E-state index contributed by atoms with van der Waals surface area (Å²) in [5, 5.41) is 10.0. The summed E-state index contributed by atoms with van der Waals surface area (Å²) in [6, 6.07) is 4.83. The molecule has 2 aromatic rings. The van der Waals surface area contributed by atoms with Crippen LogP contribution in [-0.4, -0.2) is 30.7 Å². The molecule has 0 saturated carbocycles. The fraction of sp³-hybridized carbons (Fsp3) is 0.417. The standard InChI is InChI=1S/C12H16N2O3S2/c1-8-13-10-5-4-9(6-11(10)18-8)19(16,17)14-12(2,3)7-15/h4-6,14-15H,7H2,1-3H3. The fourth-order valence-corrected chi connectivity index (χ4v) is 4.01. The maximum atomic E-state index is 12.2. The molecule has 0 saturated heterocycles. The van der Waals surface area contributed by atoms with Crippen molar-refractivity contribution in [3.63, 3.8) is 0 Å². The monoisotopic (exact) mass is 300 g/mol. The van der Waals surface area contributed by atoms with Gasteiger partial charge >= 0.3 is 0 Å². The molecule has 0 amide bonds. The van der Waals surface area contributed by atoms with Gasteiger partial charge in [-0.2, -0.15) is 0 Å². The molecule has 104 valence electrons. The Hall–Kier alpha value is -1.02. The van der Waals surface area contributed by atoms with Gasteiger partial charge in [0.15, 0.2) is 0 Å². The predicted octanol–water partition coefficient (Wildman–Crippen LogP) is 1.65. The summed E-state index contributed by atoms with van der Waals surface area (Å²) in [6.45, 7) is 4.86. The number of aromatic nitrogens is 1. The minimum Gasteiger partial charge on any atom is -0.394 e. The first-order valence-corrected chi connectivity index (χ1v) is 8.05. The second kappa shape index (κ2) is 4.82. The number of rotatable bonds is 4. The van der Waals surface area contributed by atoms with Gasteiger partial charge in [-0.05, 0) is 39.0 Å². The van der Waals surface area contributed by atoms with Crippen LogP contribution in [0.5, 0.6) is 0 Å². The molecular formula is C12H16N2O3S2. The third kappa shape index (κ3) is 3.11. The van der Waals surface area contributed by atoms with E-state index in [0.717, 1.165) is 15.2 Å². The number of hydrogen-bond donors (Lipinski definition) is 2. The zero-order chi connectivity index (χ0) is 14.3. The van der Waals surface area contributed by atoms with Gasteiger partial charge in [0, 0.05) is 0 Å². The molecule has 0 unspecified atom stereocenters. The number of aliphatic hydroxyl groups is 1. The van der Waals surface area contributed by atoms with Crippen LogP contribution < -0.4 is 4.72 Å². The van der Waals surface area contributed by atoms with Crippen molar-refractivity contribution in [2.45, 2.75) is 31.2 Å². The second-order valence-electron chi connectivity index (χ2n) is 5.01. The van der Waals surface area contributed by atoms with Gasteiger partial charge in [0.2, 0.25) is 10.0 Å². The molecule has 1 heterocycles. The van der Waals surface area contributed by atoms with E-state index in [2.05, 4.69) is 9.71 Å². The third-order valence-corrected chi connectivity index (χ3v) is 5.21. The number of aliphatic hydroxyl groups excluding tert-OH is 1. The highest BCUT2D eigenvalue weighted by Crippen LogP contribution is 2.25. The Morgan fingerprint density at radius 2 is 2.11 bits per heavy atom. The molecule has 0 atom stereocenters. The van der Waals surface area contributed by atoms with E-state index in [9.17, 15) is 8.42 Å². The number of benzene rings is 1. The van der Waals surface area contributed by atoms with Crippen LogP contribution in [0, 0.1) is 6.92 Å². The number of thiazole rings is 1. The largest absolute Gasteiger partial charge is 0.394 e. The molecule has 2 rings (SSSR count). The number of hydrogen-bond acceptors (Lipinski definition) is 5. The van der Waals surface area contributed by atoms with Crippen molar-refractivity contribution in [2.75, 3.05) is 6.61 Å².